The van der Waals surface area contributed by atoms with Crippen LogP contribution >= 0.6 is 0 Å². The summed E-state index contributed by atoms with van der Waals surface area (Å²) in [7, 11) is 3.14. The van der Waals surface area contributed by atoms with Gasteiger partial charge in [-0.2, -0.15) is 5.10 Å². The molecule has 1 saturated carbocycles. The molecular weight excluding hydrogens is 385 g/mol. The van der Waals surface area contributed by atoms with E-state index in [1.54, 1.807) is 45.1 Å². The van der Waals surface area contributed by atoms with Gasteiger partial charge >= 0.3 is 0 Å². The Morgan fingerprint density at radius 1 is 1.37 bits per heavy atom. The van der Waals surface area contributed by atoms with Gasteiger partial charge in [-0.3, -0.25) is 4.79 Å². The van der Waals surface area contributed by atoms with Gasteiger partial charge in [0, 0.05) is 54.6 Å². The van der Waals surface area contributed by atoms with Gasteiger partial charge in [0.1, 0.15) is 24.3 Å². The van der Waals surface area contributed by atoms with Crippen LogP contribution in [0.1, 0.15) is 34.8 Å². The highest BCUT2D eigenvalue weighted by atomic mass is 19.1. The summed E-state index contributed by atoms with van der Waals surface area (Å²) < 4.78 is 17.2. The van der Waals surface area contributed by atoms with Crippen LogP contribution in [0.25, 0.3) is 11.1 Å². The van der Waals surface area contributed by atoms with Crippen molar-refractivity contribution in [3.8, 4) is 11.1 Å². The second-order valence-corrected chi connectivity index (χ2v) is 8.28. The average molecular weight is 407 g/mol. The predicted octanol–water partition coefficient (Wildman–Crippen LogP) is 2.46. The van der Waals surface area contributed by atoms with Gasteiger partial charge < -0.3 is 16.0 Å². The Morgan fingerprint density at radius 2 is 2.17 bits per heavy atom. The smallest absolute Gasteiger partial charge is 0.258 e. The van der Waals surface area contributed by atoms with Gasteiger partial charge in [0.05, 0.1) is 11.6 Å². The fourth-order valence-corrected chi connectivity index (χ4v) is 4.56. The van der Waals surface area contributed by atoms with E-state index in [-0.39, 0.29) is 16.7 Å². The molecule has 5 rings (SSSR count). The molecule has 1 aliphatic carbocycles. The SMILES string of the molecule is CN(C)C(=O)c1c(N)ccc(-c2cnc3c(c2)C2(CN3)CC(n3cncn3)C2)c1F. The Bertz CT molecular complexity index is 1140. The third-order valence-electron chi connectivity index (χ3n) is 6.22. The lowest BCUT2D eigenvalue weighted by atomic mass is 9.63. The fraction of sp³-hybridized carbons (Fsp3) is 0.333. The Hall–Kier alpha value is -3.49. The molecule has 1 amide bonds. The summed E-state index contributed by atoms with van der Waals surface area (Å²) in [5.74, 6) is -0.255. The predicted molar refractivity (Wildman–Crippen MR) is 111 cm³/mol. The van der Waals surface area contributed by atoms with Gasteiger partial charge in [0.2, 0.25) is 0 Å². The van der Waals surface area contributed by atoms with Crippen molar-refractivity contribution < 1.29 is 9.18 Å². The number of hydrogen-bond acceptors (Lipinski definition) is 6. The van der Waals surface area contributed by atoms with Gasteiger partial charge in [-0.05, 0) is 31.0 Å². The summed E-state index contributed by atoms with van der Waals surface area (Å²) in [6.07, 6.45) is 6.74. The normalized spacial score (nSPS) is 21.8. The van der Waals surface area contributed by atoms with Crippen molar-refractivity contribution >= 4 is 17.4 Å². The van der Waals surface area contributed by atoms with E-state index >= 15 is 4.39 Å². The molecule has 3 N–H and O–H groups in total. The van der Waals surface area contributed by atoms with Crippen LogP contribution in [0, 0.1) is 5.82 Å². The number of carbonyl (C=O) groups excluding carboxylic acids is 1. The summed E-state index contributed by atoms with van der Waals surface area (Å²) in [4.78, 5) is 22.3. The topological polar surface area (TPSA) is 102 Å². The maximum absolute atomic E-state index is 15.3. The van der Waals surface area contributed by atoms with Crippen molar-refractivity contribution in [2.75, 3.05) is 31.7 Å². The number of nitrogens with one attached hydrogen (secondary N) is 1. The van der Waals surface area contributed by atoms with E-state index in [2.05, 4.69) is 20.4 Å². The number of aromatic nitrogens is 4. The van der Waals surface area contributed by atoms with Crippen LogP contribution in [0.4, 0.5) is 15.9 Å². The molecule has 1 aliphatic heterocycles. The zero-order valence-corrected chi connectivity index (χ0v) is 16.8. The monoisotopic (exact) mass is 407 g/mol. The second kappa shape index (κ2) is 6.51. The quantitative estimate of drug-likeness (QED) is 0.647. The summed E-state index contributed by atoms with van der Waals surface area (Å²) in [6.45, 7) is 0.790. The Labute approximate surface area is 172 Å². The number of benzene rings is 1. The number of nitrogens with two attached hydrogens (primary N) is 1. The molecule has 2 aliphatic rings. The van der Waals surface area contributed by atoms with Gasteiger partial charge in [-0.1, -0.05) is 0 Å². The molecular formula is C21H22FN7O. The highest BCUT2D eigenvalue weighted by molar-refractivity contribution is 6.00. The van der Waals surface area contributed by atoms with Crippen LogP contribution in [-0.2, 0) is 5.41 Å². The number of hydrogen-bond donors (Lipinski definition) is 2. The van der Waals surface area contributed by atoms with Gasteiger partial charge in [0.25, 0.3) is 5.91 Å². The zero-order chi connectivity index (χ0) is 21.0. The third kappa shape index (κ3) is 2.65. The van der Waals surface area contributed by atoms with Gasteiger partial charge in [-0.15, -0.1) is 0 Å². The van der Waals surface area contributed by atoms with Crippen molar-refractivity contribution in [1.29, 1.82) is 0 Å². The first-order chi connectivity index (χ1) is 14.4. The van der Waals surface area contributed by atoms with Crippen LogP contribution in [0.3, 0.4) is 0 Å². The van der Waals surface area contributed by atoms with Crippen molar-refractivity contribution in [1.82, 2.24) is 24.6 Å². The first-order valence-corrected chi connectivity index (χ1v) is 9.78. The summed E-state index contributed by atoms with van der Waals surface area (Å²) >= 11 is 0. The largest absolute Gasteiger partial charge is 0.398 e. The zero-order valence-electron chi connectivity index (χ0n) is 16.8. The van der Waals surface area contributed by atoms with E-state index in [9.17, 15) is 4.79 Å². The molecule has 30 heavy (non-hydrogen) atoms. The lowest BCUT2D eigenvalue weighted by Crippen LogP contribution is -2.44. The number of rotatable bonds is 3. The van der Waals surface area contributed by atoms with E-state index in [1.807, 2.05) is 10.7 Å². The van der Waals surface area contributed by atoms with E-state index in [4.69, 9.17) is 5.73 Å². The van der Waals surface area contributed by atoms with E-state index < -0.39 is 11.7 Å². The third-order valence-corrected chi connectivity index (χ3v) is 6.22. The molecule has 0 saturated heterocycles. The van der Waals surface area contributed by atoms with Crippen LogP contribution in [0.5, 0.6) is 0 Å². The van der Waals surface area contributed by atoms with Crippen molar-refractivity contribution in [2.45, 2.75) is 24.3 Å². The molecule has 9 heteroatoms. The summed E-state index contributed by atoms with van der Waals surface area (Å²) in [6, 6.07) is 5.45. The maximum Gasteiger partial charge on any atom is 0.258 e. The van der Waals surface area contributed by atoms with Gasteiger partial charge in [0.15, 0.2) is 0 Å². The number of fused-ring (bicyclic) bond motifs is 2. The number of nitrogen functional groups attached to an aromatic ring is 1. The Kier molecular flexibility index (Phi) is 4.02. The van der Waals surface area contributed by atoms with Crippen LogP contribution in [0.2, 0.25) is 0 Å². The lowest BCUT2D eigenvalue weighted by molar-refractivity contribution is 0.0824. The molecule has 1 fully saturated rings. The molecule has 8 nitrogen and oxygen atoms in total. The number of carbonyl (C=O) groups is 1. The van der Waals surface area contributed by atoms with Gasteiger partial charge in [-0.25, -0.2) is 19.0 Å². The minimum atomic E-state index is -0.621. The highest BCUT2D eigenvalue weighted by Crippen LogP contribution is 2.55. The number of amides is 1. The molecule has 3 aromatic rings. The first-order valence-electron chi connectivity index (χ1n) is 9.78. The lowest BCUT2D eigenvalue weighted by Gasteiger charge is -2.44. The number of pyridine rings is 1. The Morgan fingerprint density at radius 3 is 2.87 bits per heavy atom. The maximum atomic E-state index is 15.3. The number of anilines is 2. The molecule has 1 spiro atoms. The van der Waals surface area contributed by atoms with E-state index in [0.717, 1.165) is 30.8 Å². The first kappa shape index (κ1) is 18.5. The molecule has 154 valence electrons. The molecule has 1 aromatic carbocycles. The minimum Gasteiger partial charge on any atom is -0.398 e. The van der Waals surface area contributed by atoms with E-state index in [1.165, 1.54) is 4.90 Å². The summed E-state index contributed by atoms with van der Waals surface area (Å²) in [5.41, 5.74) is 7.89. The van der Waals surface area contributed by atoms with Crippen LogP contribution < -0.4 is 11.1 Å². The standard InChI is InChI=1S/C21H22FN7O/c1-28(2)20(30)17-16(23)4-3-14(18(17)22)12-5-15-19(25-8-12)26-9-21(15)6-13(7-21)29-11-24-10-27-29/h3-5,8,10-11,13H,6-7,9,23H2,1-2H3,(H,25,26). The minimum absolute atomic E-state index is 0.0540. The van der Waals surface area contributed by atoms with Crippen LogP contribution in [-0.4, -0.2) is 51.2 Å². The molecule has 0 unspecified atom stereocenters. The van der Waals surface area contributed by atoms with E-state index in [0.29, 0.717) is 17.2 Å². The molecule has 0 bridgehead atoms. The molecule has 0 radical (unpaired) electrons. The fourth-order valence-electron chi connectivity index (χ4n) is 4.56. The van der Waals surface area contributed by atoms with Crippen molar-refractivity contribution in [3.63, 3.8) is 0 Å². The highest BCUT2D eigenvalue weighted by Gasteiger charge is 2.51. The van der Waals surface area contributed by atoms with Crippen molar-refractivity contribution in [3.05, 3.63) is 54.0 Å². The number of halogens is 1. The summed E-state index contributed by atoms with van der Waals surface area (Å²) in [5, 5.41) is 7.62. The number of nitrogens with zero attached hydrogens (tertiary/aromatic N) is 5. The molecule has 0 atom stereocenters. The Balaban J connectivity index is 1.52. The van der Waals surface area contributed by atoms with Crippen molar-refractivity contribution in [2.24, 2.45) is 0 Å². The second-order valence-electron chi connectivity index (χ2n) is 8.28. The molecule has 2 aromatic heterocycles. The molecule has 3 heterocycles. The van der Waals surface area contributed by atoms with Crippen LogP contribution in [0.15, 0.2) is 37.1 Å². The average Bonchev–Trinajstić information content (AvgIpc) is 3.34.